The Bertz CT molecular complexity index is 1180. The summed E-state index contributed by atoms with van der Waals surface area (Å²) in [6.07, 6.45) is -0.186. The minimum Gasteiger partial charge on any atom is -0.497 e. The predicted molar refractivity (Wildman–Crippen MR) is 106 cm³/mol. The van der Waals surface area contributed by atoms with Crippen LogP contribution in [0.1, 0.15) is 22.7 Å². The summed E-state index contributed by atoms with van der Waals surface area (Å²) >= 11 is 0. The largest absolute Gasteiger partial charge is 0.497 e. The first-order valence-electron chi connectivity index (χ1n) is 8.91. The third-order valence-corrected chi connectivity index (χ3v) is 4.67. The van der Waals surface area contributed by atoms with Crippen molar-refractivity contribution in [3.05, 3.63) is 78.3 Å². The van der Waals surface area contributed by atoms with E-state index in [1.807, 2.05) is 42.5 Å². The maximum Gasteiger partial charge on any atom is 0.211 e. The maximum absolute atomic E-state index is 11.9. The van der Waals surface area contributed by atoms with E-state index in [4.69, 9.17) is 14.4 Å². The fraction of sp³-hybridized carbons (Fsp3) is 0.130. The van der Waals surface area contributed by atoms with E-state index in [0.717, 1.165) is 27.9 Å². The van der Waals surface area contributed by atoms with Crippen LogP contribution in [0.4, 0.5) is 0 Å². The Hall–Kier alpha value is -3.78. The number of rotatable bonds is 6. The van der Waals surface area contributed by atoms with Crippen molar-refractivity contribution in [3.63, 3.8) is 0 Å². The summed E-state index contributed by atoms with van der Waals surface area (Å²) in [5.41, 5.74) is 3.18. The number of Topliss-reactive ketones (excluding diaryl/α,β-unsaturated/α-hetero) is 1. The molecule has 2 aromatic carbocycles. The highest BCUT2D eigenvalue weighted by molar-refractivity contribution is 5.94. The fourth-order valence-corrected chi connectivity index (χ4v) is 3.32. The summed E-state index contributed by atoms with van der Waals surface area (Å²) in [6, 6.07) is 23.5. The number of methoxy groups -OCH3 is 1. The van der Waals surface area contributed by atoms with Crippen LogP contribution >= 0.6 is 0 Å². The number of fused-ring (bicyclic) bond motifs is 1. The van der Waals surface area contributed by atoms with E-state index in [-0.39, 0.29) is 18.0 Å². The molecule has 138 valence electrons. The predicted octanol–water partition coefficient (Wildman–Crippen LogP) is 5.05. The van der Waals surface area contributed by atoms with Gasteiger partial charge in [0.25, 0.3) is 0 Å². The first-order chi connectivity index (χ1) is 13.7. The van der Waals surface area contributed by atoms with Gasteiger partial charge in [0.05, 0.1) is 19.7 Å². The minimum absolute atomic E-state index is 0.186. The summed E-state index contributed by atoms with van der Waals surface area (Å²) in [5, 5.41) is 9.77. The monoisotopic (exact) mass is 370 g/mol. The standard InChI is InChI=1S/C23H18N2O3/c1-27-18-7-9-20-17(13-18)14-21(16-5-3-2-4-6-16)25(20)15-19-8-10-23(28-19)22(26)11-12-24/h2-10,13-14H,11,15H2,1H3. The van der Waals surface area contributed by atoms with Gasteiger partial charge in [0.1, 0.15) is 17.9 Å². The molecular weight excluding hydrogens is 352 g/mol. The zero-order valence-electron chi connectivity index (χ0n) is 15.4. The van der Waals surface area contributed by atoms with Gasteiger partial charge < -0.3 is 13.7 Å². The van der Waals surface area contributed by atoms with Crippen LogP contribution in [-0.4, -0.2) is 17.5 Å². The van der Waals surface area contributed by atoms with E-state index in [1.165, 1.54) is 0 Å². The number of aromatic nitrogens is 1. The van der Waals surface area contributed by atoms with Gasteiger partial charge in [-0.1, -0.05) is 30.3 Å². The summed E-state index contributed by atoms with van der Waals surface area (Å²) in [6.45, 7) is 0.472. The number of furan rings is 1. The number of carbonyl (C=O) groups is 1. The van der Waals surface area contributed by atoms with Crippen LogP contribution in [0.15, 0.2) is 71.1 Å². The summed E-state index contributed by atoms with van der Waals surface area (Å²) < 4.78 is 13.2. The molecule has 28 heavy (non-hydrogen) atoms. The fourth-order valence-electron chi connectivity index (χ4n) is 3.32. The number of ether oxygens (including phenoxy) is 1. The van der Waals surface area contributed by atoms with E-state index in [1.54, 1.807) is 19.2 Å². The molecule has 4 rings (SSSR count). The molecule has 0 fully saturated rings. The second-order valence-corrected chi connectivity index (χ2v) is 6.43. The average Bonchev–Trinajstić information content (AvgIpc) is 3.34. The zero-order chi connectivity index (χ0) is 19.5. The molecule has 0 aliphatic rings. The van der Waals surface area contributed by atoms with Gasteiger partial charge in [-0.25, -0.2) is 0 Å². The molecule has 4 aromatic rings. The lowest BCUT2D eigenvalue weighted by molar-refractivity contribution is 0.0969. The van der Waals surface area contributed by atoms with E-state index >= 15 is 0 Å². The lowest BCUT2D eigenvalue weighted by Crippen LogP contribution is -2.01. The van der Waals surface area contributed by atoms with Gasteiger partial charge in [0.2, 0.25) is 5.78 Å². The Morgan fingerprint density at radius 1 is 1.11 bits per heavy atom. The van der Waals surface area contributed by atoms with Crippen molar-refractivity contribution in [2.24, 2.45) is 0 Å². The molecule has 0 radical (unpaired) electrons. The first kappa shape index (κ1) is 17.6. The van der Waals surface area contributed by atoms with Crippen molar-refractivity contribution in [3.8, 4) is 23.1 Å². The van der Waals surface area contributed by atoms with Gasteiger partial charge in [-0.2, -0.15) is 5.26 Å². The van der Waals surface area contributed by atoms with Crippen molar-refractivity contribution in [1.82, 2.24) is 4.57 Å². The number of hydrogen-bond acceptors (Lipinski definition) is 4. The second kappa shape index (κ2) is 7.45. The Labute approximate surface area is 162 Å². The zero-order valence-corrected chi connectivity index (χ0v) is 15.4. The topological polar surface area (TPSA) is 68.2 Å². The quantitative estimate of drug-likeness (QED) is 0.445. The highest BCUT2D eigenvalue weighted by Gasteiger charge is 2.15. The molecule has 0 saturated heterocycles. The highest BCUT2D eigenvalue weighted by Crippen LogP contribution is 2.31. The molecule has 0 bridgehead atoms. The van der Waals surface area contributed by atoms with E-state index in [9.17, 15) is 4.79 Å². The lowest BCUT2D eigenvalue weighted by atomic mass is 10.1. The number of nitrogens with zero attached hydrogens (tertiary/aromatic N) is 2. The van der Waals surface area contributed by atoms with Gasteiger partial charge in [-0.15, -0.1) is 0 Å². The molecule has 0 atom stereocenters. The van der Waals surface area contributed by atoms with Crippen LogP contribution in [0.5, 0.6) is 5.75 Å². The summed E-state index contributed by atoms with van der Waals surface area (Å²) in [7, 11) is 1.65. The molecule has 0 N–H and O–H groups in total. The Balaban J connectivity index is 1.79. The first-order valence-corrected chi connectivity index (χ1v) is 8.91. The lowest BCUT2D eigenvalue weighted by Gasteiger charge is -2.10. The Kier molecular flexibility index (Phi) is 4.69. The smallest absolute Gasteiger partial charge is 0.211 e. The molecule has 5 nitrogen and oxygen atoms in total. The van der Waals surface area contributed by atoms with Gasteiger partial charge in [0, 0.05) is 16.6 Å². The third kappa shape index (κ3) is 3.28. The maximum atomic E-state index is 11.9. The van der Waals surface area contributed by atoms with Crippen molar-refractivity contribution in [1.29, 1.82) is 5.26 Å². The normalized spacial score (nSPS) is 10.7. The van der Waals surface area contributed by atoms with Gasteiger partial charge in [-0.05, 0) is 42.0 Å². The molecule has 0 aliphatic heterocycles. The number of nitriles is 1. The molecule has 2 aromatic heterocycles. The SMILES string of the molecule is COc1ccc2c(c1)cc(-c1ccccc1)n2Cc1ccc(C(=O)CC#N)o1. The van der Waals surface area contributed by atoms with Crippen LogP contribution < -0.4 is 4.74 Å². The van der Waals surface area contributed by atoms with Crippen molar-refractivity contribution < 1.29 is 13.9 Å². The van der Waals surface area contributed by atoms with Crippen LogP contribution in [-0.2, 0) is 6.54 Å². The van der Waals surface area contributed by atoms with E-state index < -0.39 is 0 Å². The molecule has 0 aliphatic carbocycles. The Morgan fingerprint density at radius 2 is 1.93 bits per heavy atom. The van der Waals surface area contributed by atoms with E-state index in [0.29, 0.717) is 12.3 Å². The number of hydrogen-bond donors (Lipinski definition) is 0. The number of carbonyl (C=O) groups excluding carboxylic acids is 1. The molecule has 0 amide bonds. The number of benzene rings is 2. The summed E-state index contributed by atoms with van der Waals surface area (Å²) in [5.74, 6) is 1.37. The minimum atomic E-state index is -0.306. The molecular formula is C23H18N2O3. The van der Waals surface area contributed by atoms with Crippen molar-refractivity contribution >= 4 is 16.7 Å². The van der Waals surface area contributed by atoms with Crippen LogP contribution in [0.25, 0.3) is 22.2 Å². The molecule has 0 spiro atoms. The average molecular weight is 370 g/mol. The third-order valence-electron chi connectivity index (χ3n) is 4.67. The van der Waals surface area contributed by atoms with Gasteiger partial charge in [0.15, 0.2) is 5.76 Å². The van der Waals surface area contributed by atoms with Crippen molar-refractivity contribution in [2.75, 3.05) is 7.11 Å². The molecule has 5 heteroatoms. The molecule has 0 saturated carbocycles. The van der Waals surface area contributed by atoms with Crippen LogP contribution in [0.3, 0.4) is 0 Å². The van der Waals surface area contributed by atoms with Crippen molar-refractivity contribution in [2.45, 2.75) is 13.0 Å². The van der Waals surface area contributed by atoms with Crippen LogP contribution in [0, 0.1) is 11.3 Å². The summed E-state index contributed by atoms with van der Waals surface area (Å²) in [4.78, 5) is 11.9. The van der Waals surface area contributed by atoms with Gasteiger partial charge >= 0.3 is 0 Å². The van der Waals surface area contributed by atoms with Gasteiger partial charge in [-0.3, -0.25) is 4.79 Å². The van der Waals surface area contributed by atoms with E-state index in [2.05, 4.69) is 22.8 Å². The highest BCUT2D eigenvalue weighted by atomic mass is 16.5. The molecule has 2 heterocycles. The Morgan fingerprint density at radius 3 is 2.68 bits per heavy atom. The second-order valence-electron chi connectivity index (χ2n) is 6.43. The molecule has 0 unspecified atom stereocenters. The van der Waals surface area contributed by atoms with Crippen LogP contribution in [0.2, 0.25) is 0 Å². The number of ketones is 1.